The van der Waals surface area contributed by atoms with Crippen molar-refractivity contribution < 1.29 is 9.53 Å². The molecule has 2 aliphatic rings. The number of hydrogen-bond donors (Lipinski definition) is 1. The third kappa shape index (κ3) is 3.44. The highest BCUT2D eigenvalue weighted by Gasteiger charge is 2.39. The summed E-state index contributed by atoms with van der Waals surface area (Å²) in [4.78, 5) is 12.0. The summed E-state index contributed by atoms with van der Waals surface area (Å²) in [5, 5.41) is 3.48. The SMILES string of the molecule is CC(C)(C)OC(=O)[C@H]1C[C@H]2CCCCC[C@@H]2N1. The van der Waals surface area contributed by atoms with Crippen molar-refractivity contribution in [1.29, 1.82) is 0 Å². The van der Waals surface area contributed by atoms with Gasteiger partial charge in [0, 0.05) is 6.04 Å². The van der Waals surface area contributed by atoms with Crippen LogP contribution in [-0.4, -0.2) is 23.7 Å². The van der Waals surface area contributed by atoms with E-state index in [0.717, 1.165) is 6.42 Å². The van der Waals surface area contributed by atoms with Crippen LogP contribution < -0.4 is 5.32 Å². The number of nitrogens with one attached hydrogen (secondary N) is 1. The highest BCUT2D eigenvalue weighted by Crippen LogP contribution is 2.32. The molecule has 0 spiro atoms. The number of carbonyl (C=O) groups is 1. The molecule has 1 saturated heterocycles. The van der Waals surface area contributed by atoms with Gasteiger partial charge in [-0.3, -0.25) is 4.79 Å². The van der Waals surface area contributed by atoms with E-state index < -0.39 is 0 Å². The third-order valence-electron chi connectivity index (χ3n) is 3.80. The van der Waals surface area contributed by atoms with Gasteiger partial charge in [0.2, 0.25) is 0 Å². The Morgan fingerprint density at radius 2 is 1.88 bits per heavy atom. The van der Waals surface area contributed by atoms with E-state index in [-0.39, 0.29) is 17.6 Å². The van der Waals surface area contributed by atoms with Crippen LogP contribution in [0.2, 0.25) is 0 Å². The Bertz CT molecular complexity index is 268. The lowest BCUT2D eigenvalue weighted by molar-refractivity contribution is -0.157. The first kappa shape index (κ1) is 12.9. The highest BCUT2D eigenvalue weighted by atomic mass is 16.6. The predicted octanol–water partition coefficient (Wildman–Crippen LogP) is 2.64. The lowest BCUT2D eigenvalue weighted by Gasteiger charge is -2.22. The first-order chi connectivity index (χ1) is 7.96. The minimum absolute atomic E-state index is 0.0643. The molecule has 1 aliphatic carbocycles. The number of ether oxygens (including phenoxy) is 1. The van der Waals surface area contributed by atoms with Gasteiger partial charge in [-0.25, -0.2) is 0 Å². The van der Waals surface area contributed by atoms with Gasteiger partial charge >= 0.3 is 5.97 Å². The number of carbonyl (C=O) groups excluding carboxylic acids is 1. The maximum absolute atomic E-state index is 12.0. The molecule has 0 bridgehead atoms. The minimum atomic E-state index is -0.372. The van der Waals surface area contributed by atoms with E-state index in [4.69, 9.17) is 4.74 Å². The van der Waals surface area contributed by atoms with Gasteiger partial charge < -0.3 is 10.1 Å². The van der Waals surface area contributed by atoms with Gasteiger partial charge in [-0.05, 0) is 46.0 Å². The molecule has 1 heterocycles. The summed E-state index contributed by atoms with van der Waals surface area (Å²) < 4.78 is 5.46. The fourth-order valence-electron chi connectivity index (χ4n) is 3.05. The molecule has 1 N–H and O–H groups in total. The second-order valence-electron chi connectivity index (χ2n) is 6.49. The Morgan fingerprint density at radius 1 is 1.18 bits per heavy atom. The normalized spacial score (nSPS) is 33.9. The van der Waals surface area contributed by atoms with Crippen molar-refractivity contribution in [2.75, 3.05) is 0 Å². The average molecular weight is 239 g/mol. The highest BCUT2D eigenvalue weighted by molar-refractivity contribution is 5.76. The molecule has 0 aromatic heterocycles. The van der Waals surface area contributed by atoms with E-state index in [9.17, 15) is 4.79 Å². The molecule has 0 radical (unpaired) electrons. The zero-order valence-corrected chi connectivity index (χ0v) is 11.3. The van der Waals surface area contributed by atoms with Gasteiger partial charge in [0.1, 0.15) is 11.6 Å². The van der Waals surface area contributed by atoms with Crippen LogP contribution in [0.5, 0.6) is 0 Å². The van der Waals surface area contributed by atoms with Crippen LogP contribution in [0.3, 0.4) is 0 Å². The topological polar surface area (TPSA) is 38.3 Å². The largest absolute Gasteiger partial charge is 0.459 e. The van der Waals surface area contributed by atoms with Crippen molar-refractivity contribution in [2.24, 2.45) is 5.92 Å². The molecule has 0 amide bonds. The molecule has 0 aromatic rings. The molecule has 0 unspecified atom stereocenters. The minimum Gasteiger partial charge on any atom is -0.459 e. The van der Waals surface area contributed by atoms with Crippen LogP contribution in [0.25, 0.3) is 0 Å². The number of fused-ring (bicyclic) bond motifs is 1. The molecule has 3 nitrogen and oxygen atoms in total. The van der Waals surface area contributed by atoms with Crippen LogP contribution in [0.15, 0.2) is 0 Å². The molecular formula is C14H25NO2. The summed E-state index contributed by atoms with van der Waals surface area (Å²) in [6.45, 7) is 5.79. The molecule has 2 rings (SSSR count). The molecule has 3 heteroatoms. The Morgan fingerprint density at radius 3 is 2.59 bits per heavy atom. The zero-order chi connectivity index (χ0) is 12.5. The van der Waals surface area contributed by atoms with Crippen LogP contribution >= 0.6 is 0 Å². The third-order valence-corrected chi connectivity index (χ3v) is 3.80. The number of rotatable bonds is 1. The zero-order valence-electron chi connectivity index (χ0n) is 11.3. The first-order valence-electron chi connectivity index (χ1n) is 6.94. The van der Waals surface area contributed by atoms with E-state index in [1.165, 1.54) is 32.1 Å². The van der Waals surface area contributed by atoms with E-state index >= 15 is 0 Å². The monoisotopic (exact) mass is 239 g/mol. The summed E-state index contributed by atoms with van der Waals surface area (Å²) >= 11 is 0. The van der Waals surface area contributed by atoms with Crippen molar-refractivity contribution in [3.8, 4) is 0 Å². The van der Waals surface area contributed by atoms with E-state index in [1.807, 2.05) is 20.8 Å². The van der Waals surface area contributed by atoms with E-state index in [1.54, 1.807) is 0 Å². The van der Waals surface area contributed by atoms with Gasteiger partial charge in [0.15, 0.2) is 0 Å². The Balaban J connectivity index is 1.90. The maximum atomic E-state index is 12.0. The Kier molecular flexibility index (Phi) is 3.76. The van der Waals surface area contributed by atoms with Gasteiger partial charge in [-0.1, -0.05) is 19.3 Å². The second kappa shape index (κ2) is 4.97. The summed E-state index contributed by atoms with van der Waals surface area (Å²) in [5.74, 6) is 0.626. The van der Waals surface area contributed by atoms with E-state index in [2.05, 4.69) is 5.32 Å². The average Bonchev–Trinajstić information content (AvgIpc) is 2.48. The van der Waals surface area contributed by atoms with Crippen LogP contribution in [-0.2, 0) is 9.53 Å². The summed E-state index contributed by atoms with van der Waals surface area (Å²) in [7, 11) is 0. The lowest BCUT2D eigenvalue weighted by atomic mass is 9.94. The molecular weight excluding hydrogens is 214 g/mol. The van der Waals surface area contributed by atoms with Crippen molar-refractivity contribution in [3.05, 3.63) is 0 Å². The Labute approximate surface area is 104 Å². The molecule has 98 valence electrons. The number of esters is 1. The fraction of sp³-hybridized carbons (Fsp3) is 0.929. The molecule has 2 fully saturated rings. The second-order valence-corrected chi connectivity index (χ2v) is 6.49. The van der Waals surface area contributed by atoms with Gasteiger partial charge in [0.25, 0.3) is 0 Å². The van der Waals surface area contributed by atoms with E-state index in [0.29, 0.717) is 12.0 Å². The Hall–Kier alpha value is -0.570. The van der Waals surface area contributed by atoms with Crippen molar-refractivity contribution in [2.45, 2.75) is 77.0 Å². The van der Waals surface area contributed by atoms with Crippen LogP contribution in [0.4, 0.5) is 0 Å². The standard InChI is InChI=1S/C14H25NO2/c1-14(2,3)17-13(16)12-9-10-7-5-4-6-8-11(10)15-12/h10-12,15H,4-9H2,1-3H3/t10-,11+,12-/m1/s1. The van der Waals surface area contributed by atoms with Crippen molar-refractivity contribution >= 4 is 5.97 Å². The summed E-state index contributed by atoms with van der Waals surface area (Å²) in [6.07, 6.45) is 7.45. The molecule has 0 aromatic carbocycles. The summed E-state index contributed by atoms with van der Waals surface area (Å²) in [5.41, 5.74) is -0.372. The van der Waals surface area contributed by atoms with Gasteiger partial charge in [-0.2, -0.15) is 0 Å². The maximum Gasteiger partial charge on any atom is 0.323 e. The molecule has 17 heavy (non-hydrogen) atoms. The van der Waals surface area contributed by atoms with Crippen LogP contribution in [0.1, 0.15) is 59.3 Å². The molecule has 3 atom stereocenters. The lowest BCUT2D eigenvalue weighted by Crippen LogP contribution is -2.40. The predicted molar refractivity (Wildman–Crippen MR) is 67.7 cm³/mol. The summed E-state index contributed by atoms with van der Waals surface area (Å²) in [6, 6.07) is 0.484. The molecule has 1 saturated carbocycles. The van der Waals surface area contributed by atoms with Crippen LogP contribution in [0, 0.1) is 5.92 Å². The van der Waals surface area contributed by atoms with Gasteiger partial charge in [0.05, 0.1) is 0 Å². The van der Waals surface area contributed by atoms with Gasteiger partial charge in [-0.15, -0.1) is 0 Å². The fourth-order valence-corrected chi connectivity index (χ4v) is 3.05. The first-order valence-corrected chi connectivity index (χ1v) is 6.94. The van der Waals surface area contributed by atoms with Crippen molar-refractivity contribution in [1.82, 2.24) is 5.32 Å². The quantitative estimate of drug-likeness (QED) is 0.715. The molecule has 1 aliphatic heterocycles. The number of hydrogen-bond acceptors (Lipinski definition) is 3. The smallest absolute Gasteiger partial charge is 0.323 e. The van der Waals surface area contributed by atoms with Crippen molar-refractivity contribution in [3.63, 3.8) is 0 Å².